The number of hydrogen-bond acceptors (Lipinski definition) is 8. The predicted octanol–water partition coefficient (Wildman–Crippen LogP) is 2.75. The van der Waals surface area contributed by atoms with E-state index in [1.807, 2.05) is 6.07 Å². The largest absolute Gasteiger partial charge is 0.338 e. The summed E-state index contributed by atoms with van der Waals surface area (Å²) in [5.74, 6) is -0.463. The monoisotopic (exact) mass is 566 g/mol. The first-order chi connectivity index (χ1) is 19.0. The van der Waals surface area contributed by atoms with Crippen LogP contribution in [0.25, 0.3) is 0 Å². The van der Waals surface area contributed by atoms with E-state index in [-0.39, 0.29) is 59.2 Å². The highest BCUT2D eigenvalue weighted by Gasteiger charge is 2.43. The van der Waals surface area contributed by atoms with Crippen LogP contribution in [0.1, 0.15) is 29.7 Å². The number of halogens is 1. The normalized spacial score (nSPS) is 18.5. The molecule has 0 aliphatic carbocycles. The van der Waals surface area contributed by atoms with Gasteiger partial charge in [-0.3, -0.25) is 9.69 Å². The van der Waals surface area contributed by atoms with Gasteiger partial charge in [-0.1, -0.05) is 18.2 Å². The topological polar surface area (TPSA) is 149 Å². The van der Waals surface area contributed by atoms with E-state index in [0.29, 0.717) is 5.56 Å². The molecule has 0 radical (unpaired) electrons. The molecule has 2 aliphatic rings. The first kappa shape index (κ1) is 28.7. The van der Waals surface area contributed by atoms with Crippen molar-refractivity contribution in [2.75, 3.05) is 43.9 Å². The number of nitriles is 2. The Morgan fingerprint density at radius 2 is 1.80 bits per heavy atom. The number of amides is 3. The highest BCUT2D eigenvalue weighted by atomic mass is 32.2. The van der Waals surface area contributed by atoms with Crippen LogP contribution in [0, 0.1) is 22.7 Å². The summed E-state index contributed by atoms with van der Waals surface area (Å²) in [7, 11) is -3.94. The number of urea groups is 1. The molecule has 3 amide bonds. The van der Waals surface area contributed by atoms with E-state index >= 15 is 0 Å². The summed E-state index contributed by atoms with van der Waals surface area (Å²) in [6.45, 7) is 1.06. The SMILES string of the molecule is CC1=C(C#N)[C@@H](c2ccc(C#N)cc2S(C)(=O)=O)N(CC(=O)N2CCN(O)CC2)C(=O)N1c1cccc(CF)c1. The fourth-order valence-corrected chi connectivity index (χ4v) is 5.85. The van der Waals surface area contributed by atoms with Gasteiger partial charge in [0.25, 0.3) is 0 Å². The lowest BCUT2D eigenvalue weighted by atomic mass is 9.92. The summed E-state index contributed by atoms with van der Waals surface area (Å²) in [5, 5.41) is 30.4. The van der Waals surface area contributed by atoms with E-state index in [1.54, 1.807) is 18.2 Å². The molecule has 0 unspecified atom stereocenters. The van der Waals surface area contributed by atoms with E-state index in [0.717, 1.165) is 16.2 Å². The molecule has 4 rings (SSSR count). The third-order valence-corrected chi connectivity index (χ3v) is 8.09. The summed E-state index contributed by atoms with van der Waals surface area (Å²) < 4.78 is 39.1. The Balaban J connectivity index is 1.91. The van der Waals surface area contributed by atoms with Crippen LogP contribution in [-0.2, 0) is 21.3 Å². The van der Waals surface area contributed by atoms with Gasteiger partial charge in [-0.25, -0.2) is 17.6 Å². The summed E-state index contributed by atoms with van der Waals surface area (Å²) in [4.78, 5) is 31.1. The molecule has 1 saturated heterocycles. The number of carbonyl (C=O) groups excluding carboxylic acids is 2. The lowest BCUT2D eigenvalue weighted by molar-refractivity contribution is -0.146. The van der Waals surface area contributed by atoms with Gasteiger partial charge in [-0.15, -0.1) is 0 Å². The number of nitrogens with zero attached hydrogens (tertiary/aromatic N) is 6. The molecule has 1 N–H and O–H groups in total. The number of hydrogen-bond donors (Lipinski definition) is 1. The predicted molar refractivity (Wildman–Crippen MR) is 141 cm³/mol. The Morgan fingerprint density at radius 1 is 1.10 bits per heavy atom. The Labute approximate surface area is 231 Å². The number of anilines is 1. The number of sulfone groups is 1. The van der Waals surface area contributed by atoms with Crippen molar-refractivity contribution in [1.82, 2.24) is 14.9 Å². The average molecular weight is 567 g/mol. The molecule has 40 heavy (non-hydrogen) atoms. The summed E-state index contributed by atoms with van der Waals surface area (Å²) >= 11 is 0. The van der Waals surface area contributed by atoms with Crippen molar-refractivity contribution in [3.63, 3.8) is 0 Å². The first-order valence-electron chi connectivity index (χ1n) is 12.3. The highest BCUT2D eigenvalue weighted by Crippen LogP contribution is 2.41. The van der Waals surface area contributed by atoms with E-state index in [1.165, 1.54) is 41.0 Å². The van der Waals surface area contributed by atoms with Crippen molar-refractivity contribution in [3.8, 4) is 12.1 Å². The van der Waals surface area contributed by atoms with Gasteiger partial charge < -0.3 is 15.0 Å². The average Bonchev–Trinajstić information content (AvgIpc) is 2.94. The van der Waals surface area contributed by atoms with E-state index < -0.39 is 41.0 Å². The molecule has 1 atom stereocenters. The molecule has 13 heteroatoms. The van der Waals surface area contributed by atoms with Crippen molar-refractivity contribution in [3.05, 3.63) is 70.4 Å². The molecule has 0 saturated carbocycles. The molecule has 11 nitrogen and oxygen atoms in total. The Morgan fingerprint density at radius 3 is 2.40 bits per heavy atom. The first-order valence-corrected chi connectivity index (χ1v) is 14.2. The van der Waals surface area contributed by atoms with Crippen LogP contribution in [0.15, 0.2) is 58.6 Å². The molecule has 208 valence electrons. The highest BCUT2D eigenvalue weighted by molar-refractivity contribution is 7.90. The Bertz CT molecular complexity index is 1570. The third kappa shape index (κ3) is 5.53. The minimum atomic E-state index is -3.94. The smallest absolute Gasteiger partial charge is 0.330 e. The van der Waals surface area contributed by atoms with Gasteiger partial charge in [0.2, 0.25) is 5.91 Å². The quantitative estimate of drug-likeness (QED) is 0.561. The molecule has 2 aromatic rings. The van der Waals surface area contributed by atoms with Crippen LogP contribution in [-0.4, -0.2) is 79.4 Å². The fourth-order valence-electron chi connectivity index (χ4n) is 4.91. The van der Waals surface area contributed by atoms with E-state index in [4.69, 9.17) is 0 Å². The van der Waals surface area contributed by atoms with Gasteiger partial charge in [-0.05, 0) is 42.3 Å². The molecule has 2 heterocycles. The van der Waals surface area contributed by atoms with Gasteiger partial charge in [0.15, 0.2) is 9.84 Å². The number of piperazine rings is 1. The zero-order chi connectivity index (χ0) is 29.2. The zero-order valence-corrected chi connectivity index (χ0v) is 22.7. The van der Waals surface area contributed by atoms with Gasteiger partial charge in [0.05, 0.1) is 39.9 Å². The van der Waals surface area contributed by atoms with Gasteiger partial charge >= 0.3 is 6.03 Å². The van der Waals surface area contributed by atoms with Crippen molar-refractivity contribution in [2.45, 2.75) is 24.5 Å². The number of allylic oxidation sites excluding steroid dienone is 1. The van der Waals surface area contributed by atoms with Crippen molar-refractivity contribution < 1.29 is 27.6 Å². The van der Waals surface area contributed by atoms with Crippen molar-refractivity contribution in [1.29, 1.82) is 10.5 Å². The molecule has 0 bridgehead atoms. The van der Waals surface area contributed by atoms with E-state index in [2.05, 4.69) is 6.07 Å². The fraction of sp³-hybridized carbons (Fsp3) is 0.333. The second-order valence-corrected chi connectivity index (χ2v) is 11.5. The standard InChI is InChI=1S/C27H27FN6O5S/c1-18-23(16-30)26(22-7-6-20(15-29)13-24(22)40(2,38)39)33(17-25(35)31-8-10-32(37)11-9-31)27(36)34(18)21-5-3-4-19(12-21)14-28/h3-7,12-13,26,37H,8-11,14,17H2,1-2H3/t26-/m1/s1. The minimum Gasteiger partial charge on any atom is -0.338 e. The Hall–Kier alpha value is -4.30. The van der Waals surface area contributed by atoms with Crippen LogP contribution < -0.4 is 4.90 Å². The number of carbonyl (C=O) groups is 2. The minimum absolute atomic E-state index is 0.00726. The second-order valence-electron chi connectivity index (χ2n) is 9.53. The molecule has 1 fully saturated rings. The van der Waals surface area contributed by atoms with E-state index in [9.17, 15) is 38.1 Å². The van der Waals surface area contributed by atoms with Crippen LogP contribution >= 0.6 is 0 Å². The number of alkyl halides is 1. The van der Waals surface area contributed by atoms with Gasteiger partial charge in [0, 0.05) is 38.1 Å². The lowest BCUT2D eigenvalue weighted by Crippen LogP contribution is -2.55. The van der Waals surface area contributed by atoms with Crippen LogP contribution in [0.5, 0.6) is 0 Å². The zero-order valence-electron chi connectivity index (χ0n) is 21.9. The van der Waals surface area contributed by atoms with Crippen LogP contribution in [0.3, 0.4) is 0 Å². The van der Waals surface area contributed by atoms with Gasteiger partial charge in [-0.2, -0.15) is 15.6 Å². The summed E-state index contributed by atoms with van der Waals surface area (Å²) in [6.07, 6.45) is 0.957. The maximum atomic E-state index is 14.1. The van der Waals surface area contributed by atoms with Gasteiger partial charge in [0.1, 0.15) is 13.2 Å². The second kappa shape index (κ2) is 11.4. The summed E-state index contributed by atoms with van der Waals surface area (Å²) in [5.41, 5.74) is 0.909. The molecular weight excluding hydrogens is 539 g/mol. The maximum Gasteiger partial charge on any atom is 0.330 e. The lowest BCUT2D eigenvalue weighted by Gasteiger charge is -2.43. The van der Waals surface area contributed by atoms with Crippen LogP contribution in [0.4, 0.5) is 14.9 Å². The number of benzene rings is 2. The van der Waals surface area contributed by atoms with Crippen LogP contribution in [0.2, 0.25) is 0 Å². The maximum absolute atomic E-state index is 14.1. The molecule has 2 aromatic carbocycles. The molecule has 0 spiro atoms. The number of hydroxylamine groups is 2. The summed E-state index contributed by atoms with van der Waals surface area (Å²) in [6, 6.07) is 12.1. The Kier molecular flexibility index (Phi) is 8.21. The number of rotatable bonds is 6. The molecule has 0 aromatic heterocycles. The van der Waals surface area contributed by atoms with Crippen molar-refractivity contribution in [2.24, 2.45) is 0 Å². The van der Waals surface area contributed by atoms with Crippen molar-refractivity contribution >= 4 is 27.5 Å². The molecule has 2 aliphatic heterocycles. The molecular formula is C27H27FN6O5S. The third-order valence-electron chi connectivity index (χ3n) is 6.94.